The molecule has 128 valence electrons. The van der Waals surface area contributed by atoms with Crippen molar-refractivity contribution in [3.63, 3.8) is 0 Å². The van der Waals surface area contributed by atoms with Crippen LogP contribution in [-0.2, 0) is 21.1 Å². The van der Waals surface area contributed by atoms with E-state index in [1.807, 2.05) is 6.92 Å². The predicted molar refractivity (Wildman–Crippen MR) is 87.5 cm³/mol. The van der Waals surface area contributed by atoms with Crippen LogP contribution in [0.15, 0.2) is 18.2 Å². The van der Waals surface area contributed by atoms with E-state index in [2.05, 4.69) is 10.6 Å². The van der Waals surface area contributed by atoms with E-state index < -0.39 is 20.5 Å². The van der Waals surface area contributed by atoms with E-state index in [-0.39, 0.29) is 18.7 Å². The molecule has 1 heterocycles. The highest BCUT2D eigenvalue weighted by Gasteiger charge is 2.48. The summed E-state index contributed by atoms with van der Waals surface area (Å²) in [5.41, 5.74) is 1.75. The van der Waals surface area contributed by atoms with Gasteiger partial charge in [0.05, 0.1) is 0 Å². The molecule has 1 aliphatic heterocycles. The lowest BCUT2D eigenvalue weighted by Crippen LogP contribution is -2.57. The van der Waals surface area contributed by atoms with Crippen molar-refractivity contribution in [3.8, 4) is 0 Å². The summed E-state index contributed by atoms with van der Waals surface area (Å²) in [5, 5.41) is 5.83. The first-order valence-electron chi connectivity index (χ1n) is 7.70. The van der Waals surface area contributed by atoms with E-state index in [0.29, 0.717) is 26.1 Å². The fourth-order valence-electron chi connectivity index (χ4n) is 3.01. The predicted octanol–water partition coefficient (Wildman–Crippen LogP) is 0.960. The lowest BCUT2D eigenvalue weighted by atomic mass is 9.95. The molecule has 5 nitrogen and oxygen atoms in total. The molecule has 0 atom stereocenters. The number of amides is 1. The first-order valence-corrected chi connectivity index (χ1v) is 9.59. The van der Waals surface area contributed by atoms with Crippen molar-refractivity contribution in [1.82, 2.24) is 10.6 Å². The summed E-state index contributed by atoms with van der Waals surface area (Å²) in [4.78, 5) is 12.5. The second-order valence-electron chi connectivity index (χ2n) is 6.09. The standard InChI is InChI=1S/C16H23FN2O3S/c1-12-11-14(17)4-3-13(12)5-8-19-15(20)16(23(2,21)22)6-9-18-10-7-16/h3-4,11,18H,5-10H2,1-2H3,(H,19,20). The van der Waals surface area contributed by atoms with Gasteiger partial charge in [0.15, 0.2) is 14.6 Å². The first kappa shape index (κ1) is 17.9. The molecule has 1 aliphatic rings. The third-order valence-electron chi connectivity index (χ3n) is 4.52. The van der Waals surface area contributed by atoms with Crippen molar-refractivity contribution in [2.24, 2.45) is 0 Å². The van der Waals surface area contributed by atoms with Crippen molar-refractivity contribution < 1.29 is 17.6 Å². The van der Waals surface area contributed by atoms with Gasteiger partial charge in [-0.25, -0.2) is 12.8 Å². The molecular formula is C16H23FN2O3S. The Hall–Kier alpha value is -1.47. The Labute approximate surface area is 136 Å². The number of piperidine rings is 1. The first-order chi connectivity index (χ1) is 10.8. The minimum absolute atomic E-state index is 0.285. The zero-order chi connectivity index (χ0) is 17.1. The average molecular weight is 342 g/mol. The zero-order valence-electron chi connectivity index (χ0n) is 13.5. The van der Waals surface area contributed by atoms with Crippen molar-refractivity contribution in [2.45, 2.75) is 30.9 Å². The van der Waals surface area contributed by atoms with E-state index >= 15 is 0 Å². The third-order valence-corrected chi connectivity index (χ3v) is 6.53. The number of hydrogen-bond acceptors (Lipinski definition) is 4. The van der Waals surface area contributed by atoms with Gasteiger partial charge in [0.25, 0.3) is 0 Å². The van der Waals surface area contributed by atoms with Crippen LogP contribution in [0.25, 0.3) is 0 Å². The van der Waals surface area contributed by atoms with Crippen molar-refractivity contribution in [1.29, 1.82) is 0 Å². The monoisotopic (exact) mass is 342 g/mol. The Bertz CT molecular complexity index is 683. The van der Waals surface area contributed by atoms with Crippen LogP contribution < -0.4 is 10.6 Å². The molecule has 1 aromatic rings. The Kier molecular flexibility index (Phi) is 5.41. The lowest BCUT2D eigenvalue weighted by Gasteiger charge is -2.34. The smallest absolute Gasteiger partial charge is 0.241 e. The second-order valence-corrected chi connectivity index (χ2v) is 8.42. The molecule has 0 saturated carbocycles. The molecule has 2 N–H and O–H groups in total. The topological polar surface area (TPSA) is 75.3 Å². The van der Waals surface area contributed by atoms with Gasteiger partial charge < -0.3 is 10.6 Å². The van der Waals surface area contributed by atoms with Gasteiger partial charge in [0, 0.05) is 12.8 Å². The molecule has 0 radical (unpaired) electrons. The molecular weight excluding hydrogens is 319 g/mol. The molecule has 0 aliphatic carbocycles. The minimum Gasteiger partial charge on any atom is -0.354 e. The van der Waals surface area contributed by atoms with E-state index in [1.54, 1.807) is 6.07 Å². The van der Waals surface area contributed by atoms with Crippen LogP contribution >= 0.6 is 0 Å². The summed E-state index contributed by atoms with van der Waals surface area (Å²) >= 11 is 0. The van der Waals surface area contributed by atoms with Crippen molar-refractivity contribution in [3.05, 3.63) is 35.1 Å². The summed E-state index contributed by atoms with van der Waals surface area (Å²) in [5.74, 6) is -0.720. The molecule has 23 heavy (non-hydrogen) atoms. The van der Waals surface area contributed by atoms with E-state index in [0.717, 1.165) is 17.4 Å². The van der Waals surface area contributed by atoms with Crippen LogP contribution in [0.5, 0.6) is 0 Å². The summed E-state index contributed by atoms with van der Waals surface area (Å²) in [7, 11) is -3.50. The Balaban J connectivity index is 2.02. The molecule has 1 saturated heterocycles. The van der Waals surface area contributed by atoms with Crippen LogP contribution in [-0.4, -0.2) is 45.0 Å². The molecule has 1 amide bonds. The highest BCUT2D eigenvalue weighted by atomic mass is 32.2. The number of benzene rings is 1. The number of carbonyl (C=O) groups excluding carboxylic acids is 1. The fourth-order valence-corrected chi connectivity index (χ4v) is 4.36. The Morgan fingerprint density at radius 3 is 2.57 bits per heavy atom. The number of sulfone groups is 1. The molecule has 1 aromatic carbocycles. The van der Waals surface area contributed by atoms with Crippen LogP contribution in [0.1, 0.15) is 24.0 Å². The minimum atomic E-state index is -3.50. The van der Waals surface area contributed by atoms with Crippen LogP contribution in [0, 0.1) is 12.7 Å². The van der Waals surface area contributed by atoms with Crippen LogP contribution in [0.3, 0.4) is 0 Å². The molecule has 0 spiro atoms. The van der Waals surface area contributed by atoms with Crippen LogP contribution in [0.2, 0.25) is 0 Å². The number of rotatable bonds is 5. The van der Waals surface area contributed by atoms with Gasteiger partial charge in [-0.3, -0.25) is 4.79 Å². The number of aryl methyl sites for hydroxylation is 1. The molecule has 0 bridgehead atoms. The lowest BCUT2D eigenvalue weighted by molar-refractivity contribution is -0.124. The Morgan fingerprint density at radius 1 is 1.35 bits per heavy atom. The fraction of sp³-hybridized carbons (Fsp3) is 0.562. The molecule has 1 fully saturated rings. The maximum atomic E-state index is 13.1. The summed E-state index contributed by atoms with van der Waals surface area (Å²) in [6.45, 7) is 3.16. The summed E-state index contributed by atoms with van der Waals surface area (Å²) < 4.78 is 36.0. The number of halogens is 1. The number of hydrogen-bond donors (Lipinski definition) is 2. The maximum Gasteiger partial charge on any atom is 0.241 e. The Morgan fingerprint density at radius 2 is 2.00 bits per heavy atom. The molecule has 7 heteroatoms. The summed E-state index contributed by atoms with van der Waals surface area (Å²) in [6, 6.07) is 4.52. The molecule has 0 unspecified atom stereocenters. The van der Waals surface area contributed by atoms with Gasteiger partial charge >= 0.3 is 0 Å². The van der Waals surface area contributed by atoms with Gasteiger partial charge in [-0.2, -0.15) is 0 Å². The highest BCUT2D eigenvalue weighted by molar-refractivity contribution is 7.92. The van der Waals surface area contributed by atoms with Gasteiger partial charge in [-0.1, -0.05) is 6.07 Å². The van der Waals surface area contributed by atoms with E-state index in [1.165, 1.54) is 12.1 Å². The number of nitrogens with one attached hydrogen (secondary N) is 2. The van der Waals surface area contributed by atoms with Crippen LogP contribution in [0.4, 0.5) is 4.39 Å². The molecule has 0 aromatic heterocycles. The third kappa shape index (κ3) is 3.90. The van der Waals surface area contributed by atoms with Crippen molar-refractivity contribution in [2.75, 3.05) is 25.9 Å². The number of carbonyl (C=O) groups is 1. The zero-order valence-corrected chi connectivity index (χ0v) is 14.3. The highest BCUT2D eigenvalue weighted by Crippen LogP contribution is 2.28. The average Bonchev–Trinajstić information content (AvgIpc) is 2.49. The van der Waals surface area contributed by atoms with Gasteiger partial charge in [0.1, 0.15) is 5.82 Å². The summed E-state index contributed by atoms with van der Waals surface area (Å²) in [6.07, 6.45) is 2.23. The maximum absolute atomic E-state index is 13.1. The normalized spacial score (nSPS) is 17.7. The van der Waals surface area contributed by atoms with Crippen molar-refractivity contribution >= 4 is 15.7 Å². The quantitative estimate of drug-likeness (QED) is 0.836. The largest absolute Gasteiger partial charge is 0.354 e. The van der Waals surface area contributed by atoms with Gasteiger partial charge in [0.2, 0.25) is 5.91 Å². The SMILES string of the molecule is Cc1cc(F)ccc1CCNC(=O)C1(S(C)(=O)=O)CCNCC1. The van der Waals surface area contributed by atoms with E-state index in [4.69, 9.17) is 0 Å². The second kappa shape index (κ2) is 6.97. The van der Waals surface area contributed by atoms with Gasteiger partial charge in [-0.15, -0.1) is 0 Å². The molecule has 2 rings (SSSR count). The van der Waals surface area contributed by atoms with Gasteiger partial charge in [-0.05, 0) is 62.5 Å². The van der Waals surface area contributed by atoms with E-state index in [9.17, 15) is 17.6 Å².